The standard InChI is InChI=1S/C16H13N5O3/c1-8-6-9(2)18-16(17-8)21-15(23)13-11(22)7-10(19-14(13)20-21)12-4-3-5-24-12/h3-7,13H,1-2H3,(H,19,20). The highest BCUT2D eigenvalue weighted by molar-refractivity contribution is 6.32. The zero-order valence-electron chi connectivity index (χ0n) is 13.0. The number of anilines is 1. The van der Waals surface area contributed by atoms with E-state index in [2.05, 4.69) is 20.4 Å². The summed E-state index contributed by atoms with van der Waals surface area (Å²) >= 11 is 0. The van der Waals surface area contributed by atoms with Gasteiger partial charge in [-0.2, -0.15) is 5.01 Å². The van der Waals surface area contributed by atoms with Gasteiger partial charge in [0.25, 0.3) is 11.9 Å². The van der Waals surface area contributed by atoms with Gasteiger partial charge in [-0.1, -0.05) is 0 Å². The number of carbonyl (C=O) groups is 2. The number of aliphatic imine (C=N–C) groups is 1. The van der Waals surface area contributed by atoms with Crippen LogP contribution >= 0.6 is 0 Å². The first-order valence-electron chi connectivity index (χ1n) is 7.34. The van der Waals surface area contributed by atoms with Crippen molar-refractivity contribution < 1.29 is 14.0 Å². The molecule has 8 heteroatoms. The van der Waals surface area contributed by atoms with Crippen molar-refractivity contribution >= 4 is 29.2 Å². The number of nitrogens with zero attached hydrogens (tertiary/aromatic N) is 4. The summed E-state index contributed by atoms with van der Waals surface area (Å²) in [5, 5.41) is 1.17. The second-order valence-corrected chi connectivity index (χ2v) is 5.58. The molecule has 8 nitrogen and oxygen atoms in total. The number of ketones is 1. The SMILES string of the molecule is Cc1cc(C)nc(N2NC3=NC(c4ccco4)=CC(=O)C3C2=O)n1. The number of carbonyl (C=O) groups excluding carboxylic acids is 2. The smallest absolute Gasteiger partial charge is 0.267 e. The molecule has 0 spiro atoms. The number of aryl methyl sites for hydroxylation is 2. The second-order valence-electron chi connectivity index (χ2n) is 5.58. The van der Waals surface area contributed by atoms with Crippen LogP contribution in [0, 0.1) is 19.8 Å². The first-order valence-corrected chi connectivity index (χ1v) is 7.34. The van der Waals surface area contributed by atoms with Crippen molar-refractivity contribution in [2.24, 2.45) is 10.9 Å². The van der Waals surface area contributed by atoms with Crippen molar-refractivity contribution in [3.63, 3.8) is 0 Å². The zero-order chi connectivity index (χ0) is 16.8. The summed E-state index contributed by atoms with van der Waals surface area (Å²) in [4.78, 5) is 37.8. The Hall–Kier alpha value is -3.29. The Morgan fingerprint density at radius 3 is 2.62 bits per heavy atom. The largest absolute Gasteiger partial charge is 0.463 e. The molecule has 1 unspecified atom stereocenters. The predicted molar refractivity (Wildman–Crippen MR) is 84.7 cm³/mol. The van der Waals surface area contributed by atoms with Crippen LogP contribution in [0.4, 0.5) is 5.95 Å². The Bertz CT molecular complexity index is 894. The molecule has 1 atom stereocenters. The molecule has 120 valence electrons. The lowest BCUT2D eigenvalue weighted by molar-refractivity contribution is -0.126. The molecular formula is C16H13N5O3. The molecule has 1 fully saturated rings. The number of amidine groups is 1. The Morgan fingerprint density at radius 1 is 1.21 bits per heavy atom. The minimum atomic E-state index is -0.992. The van der Waals surface area contributed by atoms with Crippen molar-refractivity contribution in [1.29, 1.82) is 0 Å². The van der Waals surface area contributed by atoms with E-state index >= 15 is 0 Å². The number of hydrazine groups is 1. The van der Waals surface area contributed by atoms with Gasteiger partial charge in [0.05, 0.1) is 6.26 Å². The maximum Gasteiger partial charge on any atom is 0.267 e. The molecule has 0 aromatic carbocycles. The van der Waals surface area contributed by atoms with E-state index in [4.69, 9.17) is 4.42 Å². The van der Waals surface area contributed by atoms with Gasteiger partial charge in [-0.05, 0) is 32.0 Å². The monoisotopic (exact) mass is 323 g/mol. The lowest BCUT2D eigenvalue weighted by Crippen LogP contribution is -2.37. The molecule has 1 saturated heterocycles. The first kappa shape index (κ1) is 14.3. The average molecular weight is 323 g/mol. The van der Waals surface area contributed by atoms with E-state index in [0.29, 0.717) is 11.5 Å². The molecule has 2 aliphatic rings. The molecular weight excluding hydrogens is 310 g/mol. The molecule has 0 saturated carbocycles. The molecule has 1 N–H and O–H groups in total. The number of rotatable bonds is 2. The van der Waals surface area contributed by atoms with Crippen LogP contribution in [0.2, 0.25) is 0 Å². The van der Waals surface area contributed by atoms with E-state index in [9.17, 15) is 9.59 Å². The van der Waals surface area contributed by atoms with Gasteiger partial charge in [-0.15, -0.1) is 0 Å². The van der Waals surface area contributed by atoms with Crippen molar-refractivity contribution in [2.75, 3.05) is 5.01 Å². The van der Waals surface area contributed by atoms with Crippen molar-refractivity contribution in [2.45, 2.75) is 13.8 Å². The van der Waals surface area contributed by atoms with Crippen LogP contribution in [0.15, 0.2) is 39.9 Å². The van der Waals surface area contributed by atoms with Gasteiger partial charge in [0.2, 0.25) is 0 Å². The molecule has 0 aliphatic carbocycles. The second kappa shape index (κ2) is 5.12. The fourth-order valence-corrected chi connectivity index (χ4v) is 2.71. The highest BCUT2D eigenvalue weighted by Crippen LogP contribution is 2.27. The van der Waals surface area contributed by atoms with E-state index < -0.39 is 11.8 Å². The Kier molecular flexibility index (Phi) is 3.05. The number of hydrogen-bond acceptors (Lipinski definition) is 7. The van der Waals surface area contributed by atoms with E-state index in [1.54, 1.807) is 18.2 Å². The van der Waals surface area contributed by atoms with E-state index in [-0.39, 0.29) is 17.6 Å². The van der Waals surface area contributed by atoms with Crippen LogP contribution in [-0.2, 0) is 9.59 Å². The van der Waals surface area contributed by atoms with E-state index in [1.807, 2.05) is 13.8 Å². The molecule has 0 bridgehead atoms. The summed E-state index contributed by atoms with van der Waals surface area (Å²) in [7, 11) is 0. The molecule has 4 rings (SSSR count). The van der Waals surface area contributed by atoms with Crippen LogP contribution in [0.1, 0.15) is 17.1 Å². The summed E-state index contributed by atoms with van der Waals surface area (Å²) in [6.45, 7) is 3.62. The predicted octanol–water partition coefficient (Wildman–Crippen LogP) is 1.18. The molecule has 2 aromatic rings. The number of allylic oxidation sites excluding steroid dienone is 1. The number of fused-ring (bicyclic) bond motifs is 1. The minimum Gasteiger partial charge on any atom is -0.463 e. The first-order chi connectivity index (χ1) is 11.5. The normalized spacial score (nSPS) is 19.8. The molecule has 2 aromatic heterocycles. The van der Waals surface area contributed by atoms with E-state index in [1.165, 1.54) is 17.3 Å². The third-order valence-corrected chi connectivity index (χ3v) is 3.72. The molecule has 1 amide bonds. The van der Waals surface area contributed by atoms with Crippen LogP contribution in [0.5, 0.6) is 0 Å². The molecule has 4 heterocycles. The number of furan rings is 1. The van der Waals surface area contributed by atoms with Crippen molar-refractivity contribution in [3.8, 4) is 0 Å². The van der Waals surface area contributed by atoms with Crippen LogP contribution < -0.4 is 10.4 Å². The van der Waals surface area contributed by atoms with Crippen LogP contribution in [0.25, 0.3) is 5.70 Å². The highest BCUT2D eigenvalue weighted by Gasteiger charge is 2.45. The quantitative estimate of drug-likeness (QED) is 0.833. The lowest BCUT2D eigenvalue weighted by atomic mass is 9.99. The summed E-state index contributed by atoms with van der Waals surface area (Å²) in [5.74, 6) is -0.879. The summed E-state index contributed by atoms with van der Waals surface area (Å²) < 4.78 is 5.26. The third kappa shape index (κ3) is 2.19. The Labute approximate surface area is 136 Å². The topological polar surface area (TPSA) is 101 Å². The fraction of sp³-hybridized carbons (Fsp3) is 0.188. The van der Waals surface area contributed by atoms with Gasteiger partial charge in [0.15, 0.2) is 17.5 Å². The summed E-state index contributed by atoms with van der Waals surface area (Å²) in [6, 6.07) is 5.21. The van der Waals surface area contributed by atoms with Gasteiger partial charge in [0.1, 0.15) is 11.5 Å². The fourth-order valence-electron chi connectivity index (χ4n) is 2.71. The van der Waals surface area contributed by atoms with Gasteiger partial charge >= 0.3 is 0 Å². The summed E-state index contributed by atoms with van der Waals surface area (Å²) in [5.41, 5.74) is 4.67. The molecule has 24 heavy (non-hydrogen) atoms. The number of hydrogen-bond donors (Lipinski definition) is 1. The van der Waals surface area contributed by atoms with Gasteiger partial charge in [-0.25, -0.2) is 15.0 Å². The Morgan fingerprint density at radius 2 is 1.96 bits per heavy atom. The van der Waals surface area contributed by atoms with E-state index in [0.717, 1.165) is 11.4 Å². The van der Waals surface area contributed by atoms with Gasteiger partial charge in [0, 0.05) is 17.5 Å². The highest BCUT2D eigenvalue weighted by atomic mass is 16.3. The number of aromatic nitrogens is 2. The van der Waals surface area contributed by atoms with Gasteiger partial charge < -0.3 is 4.42 Å². The molecule has 0 radical (unpaired) electrons. The van der Waals surface area contributed by atoms with Crippen molar-refractivity contribution in [1.82, 2.24) is 15.4 Å². The average Bonchev–Trinajstić information content (AvgIpc) is 3.14. The van der Waals surface area contributed by atoms with Crippen LogP contribution in [-0.4, -0.2) is 27.5 Å². The van der Waals surface area contributed by atoms with Crippen LogP contribution in [0.3, 0.4) is 0 Å². The maximum absolute atomic E-state index is 12.6. The zero-order valence-corrected chi connectivity index (χ0v) is 13.0. The third-order valence-electron chi connectivity index (χ3n) is 3.72. The van der Waals surface area contributed by atoms with Crippen molar-refractivity contribution in [3.05, 3.63) is 47.7 Å². The Balaban J connectivity index is 1.71. The van der Waals surface area contributed by atoms with Gasteiger partial charge in [-0.3, -0.25) is 15.0 Å². The lowest BCUT2D eigenvalue weighted by Gasteiger charge is -2.14. The summed E-state index contributed by atoms with van der Waals surface area (Å²) in [6.07, 6.45) is 2.81. The maximum atomic E-state index is 12.6. The number of nitrogens with one attached hydrogen (secondary N) is 1. The molecule has 2 aliphatic heterocycles. The number of amides is 1. The minimum absolute atomic E-state index is 0.196.